The van der Waals surface area contributed by atoms with Gasteiger partial charge in [0, 0.05) is 33.2 Å². The molecule has 0 bridgehead atoms. The van der Waals surface area contributed by atoms with Gasteiger partial charge in [0.1, 0.15) is 5.82 Å². The molecule has 22 heavy (non-hydrogen) atoms. The van der Waals surface area contributed by atoms with E-state index in [9.17, 15) is 17.6 Å². The molecule has 1 amide bonds. The summed E-state index contributed by atoms with van der Waals surface area (Å²) < 4.78 is 40.1. The number of nitrogens with one attached hydrogen (secondary N) is 1. The Morgan fingerprint density at radius 1 is 1.27 bits per heavy atom. The van der Waals surface area contributed by atoms with Crippen molar-refractivity contribution in [1.29, 1.82) is 0 Å². The summed E-state index contributed by atoms with van der Waals surface area (Å²) in [5, 5.41) is 2.76. The first-order chi connectivity index (χ1) is 10.3. The van der Waals surface area contributed by atoms with Crippen LogP contribution >= 0.6 is 0 Å². The summed E-state index contributed by atoms with van der Waals surface area (Å²) in [5.41, 5.74) is 0.00541. The molecule has 0 aliphatic carbocycles. The minimum absolute atomic E-state index is 0.00541. The summed E-state index contributed by atoms with van der Waals surface area (Å²) in [6.07, 6.45) is 1.01. The molecule has 8 heteroatoms. The van der Waals surface area contributed by atoms with E-state index in [0.29, 0.717) is 25.9 Å². The van der Waals surface area contributed by atoms with Crippen LogP contribution in [0.15, 0.2) is 24.3 Å². The maximum absolute atomic E-state index is 13.5. The first-order valence-corrected chi connectivity index (χ1v) is 8.45. The fourth-order valence-corrected chi connectivity index (χ4v) is 3.50. The number of nitrogens with zero attached hydrogens (tertiary/aromatic N) is 2. The van der Waals surface area contributed by atoms with Gasteiger partial charge in [0.25, 0.3) is 16.1 Å². The molecule has 1 N–H and O–H groups in total. The first kappa shape index (κ1) is 16.9. The van der Waals surface area contributed by atoms with Crippen molar-refractivity contribution in [2.24, 2.45) is 0 Å². The van der Waals surface area contributed by atoms with Crippen LogP contribution in [0.4, 0.5) is 4.39 Å². The van der Waals surface area contributed by atoms with E-state index in [1.807, 2.05) is 0 Å². The molecule has 1 aromatic carbocycles. The van der Waals surface area contributed by atoms with Gasteiger partial charge < -0.3 is 5.32 Å². The molecule has 0 unspecified atom stereocenters. The van der Waals surface area contributed by atoms with E-state index in [2.05, 4.69) is 5.32 Å². The van der Waals surface area contributed by atoms with Crippen molar-refractivity contribution >= 4 is 16.1 Å². The smallest absolute Gasteiger partial charge is 0.281 e. The number of carbonyl (C=O) groups excluding carboxylic acids is 1. The molecule has 2 rings (SSSR count). The van der Waals surface area contributed by atoms with Crippen molar-refractivity contribution in [3.05, 3.63) is 35.6 Å². The van der Waals surface area contributed by atoms with Crippen molar-refractivity contribution in [1.82, 2.24) is 13.9 Å². The van der Waals surface area contributed by atoms with Gasteiger partial charge in [-0.15, -0.1) is 0 Å². The summed E-state index contributed by atoms with van der Waals surface area (Å²) in [4.78, 5) is 12.0. The van der Waals surface area contributed by atoms with Crippen molar-refractivity contribution in [2.45, 2.75) is 18.9 Å². The highest BCUT2D eigenvalue weighted by Crippen LogP contribution is 2.16. The Balaban J connectivity index is 1.93. The quantitative estimate of drug-likeness (QED) is 0.889. The van der Waals surface area contributed by atoms with Gasteiger partial charge >= 0.3 is 0 Å². The fraction of sp³-hybridized carbons (Fsp3) is 0.500. The molecule has 1 aromatic rings. The highest BCUT2D eigenvalue weighted by molar-refractivity contribution is 7.86. The third-order valence-corrected chi connectivity index (χ3v) is 5.64. The lowest BCUT2D eigenvalue weighted by Crippen LogP contribution is -2.49. The van der Waals surface area contributed by atoms with E-state index in [-0.39, 0.29) is 11.6 Å². The molecule has 1 saturated heterocycles. The van der Waals surface area contributed by atoms with Crippen molar-refractivity contribution in [3.63, 3.8) is 0 Å². The number of carbonyl (C=O) groups is 1. The van der Waals surface area contributed by atoms with Gasteiger partial charge in [-0.2, -0.15) is 17.0 Å². The third kappa shape index (κ3) is 3.63. The lowest BCUT2D eigenvalue weighted by Gasteiger charge is -2.33. The Kier molecular flexibility index (Phi) is 5.15. The standard InChI is InChI=1S/C14H20FN3O3S/c1-17(2)22(20,21)18-9-7-11(8-10-18)16-14(19)12-5-3-4-6-13(12)15/h3-6,11H,7-10H2,1-2H3,(H,16,19). The summed E-state index contributed by atoms with van der Waals surface area (Å²) >= 11 is 0. The van der Waals surface area contributed by atoms with E-state index in [0.717, 1.165) is 0 Å². The maximum atomic E-state index is 13.5. The molecular formula is C14H20FN3O3S. The van der Waals surface area contributed by atoms with E-state index in [4.69, 9.17) is 0 Å². The molecule has 122 valence electrons. The number of rotatable bonds is 4. The topological polar surface area (TPSA) is 69.7 Å². The predicted molar refractivity (Wildman–Crippen MR) is 81.1 cm³/mol. The van der Waals surface area contributed by atoms with Crippen molar-refractivity contribution in [3.8, 4) is 0 Å². The molecule has 1 fully saturated rings. The summed E-state index contributed by atoms with van der Waals surface area (Å²) in [6.45, 7) is 0.672. The zero-order valence-corrected chi connectivity index (χ0v) is 13.4. The maximum Gasteiger partial charge on any atom is 0.281 e. The molecule has 0 atom stereocenters. The number of amides is 1. The van der Waals surface area contributed by atoms with E-state index in [1.165, 1.54) is 40.9 Å². The fourth-order valence-electron chi connectivity index (χ4n) is 2.37. The van der Waals surface area contributed by atoms with E-state index in [1.54, 1.807) is 6.07 Å². The van der Waals surface area contributed by atoms with Crippen LogP contribution in [0, 0.1) is 5.82 Å². The zero-order valence-electron chi connectivity index (χ0n) is 12.6. The number of halogens is 1. The Labute approximate surface area is 130 Å². The Bertz CT molecular complexity index is 640. The Morgan fingerprint density at radius 3 is 2.41 bits per heavy atom. The molecule has 0 aromatic heterocycles. The minimum Gasteiger partial charge on any atom is -0.349 e. The lowest BCUT2D eigenvalue weighted by atomic mass is 10.1. The van der Waals surface area contributed by atoms with Crippen LogP contribution in [0.5, 0.6) is 0 Å². The molecule has 0 radical (unpaired) electrons. The van der Waals surface area contributed by atoms with Crippen molar-refractivity contribution < 1.29 is 17.6 Å². The lowest BCUT2D eigenvalue weighted by molar-refractivity contribution is 0.0919. The molecule has 0 saturated carbocycles. The highest BCUT2D eigenvalue weighted by Gasteiger charge is 2.30. The van der Waals surface area contributed by atoms with Gasteiger partial charge in [-0.1, -0.05) is 12.1 Å². The number of benzene rings is 1. The van der Waals surface area contributed by atoms with Gasteiger partial charge in [0.05, 0.1) is 5.56 Å². The SMILES string of the molecule is CN(C)S(=O)(=O)N1CCC(NC(=O)c2ccccc2F)CC1. The second-order valence-electron chi connectivity index (χ2n) is 5.42. The molecule has 1 aliphatic heterocycles. The molecule has 1 heterocycles. The molecule has 6 nitrogen and oxygen atoms in total. The van der Waals surface area contributed by atoms with E-state index >= 15 is 0 Å². The molecule has 0 spiro atoms. The van der Waals surface area contributed by atoms with Crippen LogP contribution in [0.25, 0.3) is 0 Å². The van der Waals surface area contributed by atoms with Gasteiger partial charge in [-0.25, -0.2) is 4.39 Å². The zero-order chi connectivity index (χ0) is 16.3. The van der Waals surface area contributed by atoms with Crippen molar-refractivity contribution in [2.75, 3.05) is 27.2 Å². The van der Waals surface area contributed by atoms with E-state index < -0.39 is 21.9 Å². The third-order valence-electron chi connectivity index (χ3n) is 3.70. The number of piperidine rings is 1. The van der Waals surface area contributed by atoms with Crippen LogP contribution in [0.3, 0.4) is 0 Å². The second kappa shape index (κ2) is 6.72. The largest absolute Gasteiger partial charge is 0.349 e. The summed E-state index contributed by atoms with van der Waals surface area (Å²) in [7, 11) is -0.442. The number of hydrogen-bond donors (Lipinski definition) is 1. The molecule has 1 aliphatic rings. The predicted octanol–water partition coefficient (Wildman–Crippen LogP) is 0.826. The normalized spacial score (nSPS) is 17.6. The molecular weight excluding hydrogens is 309 g/mol. The summed E-state index contributed by atoms with van der Waals surface area (Å²) in [5.74, 6) is -1.03. The monoisotopic (exact) mass is 329 g/mol. The van der Waals surface area contributed by atoms with Crippen LogP contribution in [-0.4, -0.2) is 56.2 Å². The number of hydrogen-bond acceptors (Lipinski definition) is 3. The van der Waals surface area contributed by atoms with Gasteiger partial charge in [0.15, 0.2) is 0 Å². The van der Waals surface area contributed by atoms with Gasteiger partial charge in [-0.3, -0.25) is 4.79 Å². The van der Waals surface area contributed by atoms with Crippen LogP contribution < -0.4 is 5.32 Å². The first-order valence-electron chi connectivity index (χ1n) is 7.05. The second-order valence-corrected chi connectivity index (χ2v) is 7.56. The highest BCUT2D eigenvalue weighted by atomic mass is 32.2. The minimum atomic E-state index is -3.42. The van der Waals surface area contributed by atoms with Gasteiger partial charge in [0.2, 0.25) is 0 Å². The Hall–Kier alpha value is -1.51. The van der Waals surface area contributed by atoms with Gasteiger partial charge in [-0.05, 0) is 25.0 Å². The summed E-state index contributed by atoms with van der Waals surface area (Å²) in [6, 6.07) is 5.64. The van der Waals surface area contributed by atoms with Crippen LogP contribution in [-0.2, 0) is 10.2 Å². The van der Waals surface area contributed by atoms with Crippen LogP contribution in [0.2, 0.25) is 0 Å². The van der Waals surface area contributed by atoms with Crippen LogP contribution in [0.1, 0.15) is 23.2 Å². The average Bonchev–Trinajstić information content (AvgIpc) is 2.48. The average molecular weight is 329 g/mol. The Morgan fingerprint density at radius 2 is 1.86 bits per heavy atom.